The lowest BCUT2D eigenvalue weighted by molar-refractivity contribution is 0.602. The molecule has 0 saturated carbocycles. The average Bonchev–Trinajstić information content (AvgIpc) is 2.29. The quantitative estimate of drug-likeness (QED) is 0.835. The topological polar surface area (TPSA) is 34.1 Å². The molecule has 0 saturated heterocycles. The lowest BCUT2D eigenvalue weighted by Crippen LogP contribution is -1.96. The van der Waals surface area contributed by atoms with Gasteiger partial charge < -0.3 is 0 Å². The second-order valence-electron chi connectivity index (χ2n) is 3.78. The molecule has 0 radical (unpaired) electrons. The Morgan fingerprint density at radius 2 is 1.65 bits per heavy atom. The maximum atomic E-state index is 11.4. The molecular formula is C13H11ClO2S. The lowest BCUT2D eigenvalue weighted by Gasteiger charge is -2.06. The average molecular weight is 267 g/mol. The zero-order chi connectivity index (χ0) is 12.5. The maximum Gasteiger partial charge on any atom is 0.175 e. The van der Waals surface area contributed by atoms with E-state index in [2.05, 4.69) is 0 Å². The Morgan fingerprint density at radius 3 is 2.18 bits per heavy atom. The van der Waals surface area contributed by atoms with Crippen LogP contribution < -0.4 is 0 Å². The van der Waals surface area contributed by atoms with Crippen molar-refractivity contribution in [3.05, 3.63) is 53.6 Å². The summed E-state index contributed by atoms with van der Waals surface area (Å²) in [6, 6.07) is 14.4. The van der Waals surface area contributed by atoms with Crippen LogP contribution in [0.2, 0.25) is 5.02 Å². The zero-order valence-electron chi connectivity index (χ0n) is 9.22. The van der Waals surface area contributed by atoms with Crippen LogP contribution in [-0.2, 0) is 9.84 Å². The van der Waals surface area contributed by atoms with E-state index in [0.717, 1.165) is 11.1 Å². The Labute approximate surface area is 106 Å². The third-order valence-electron chi connectivity index (χ3n) is 2.45. The maximum absolute atomic E-state index is 11.4. The van der Waals surface area contributed by atoms with Gasteiger partial charge in [0.05, 0.1) is 4.90 Å². The molecule has 2 aromatic carbocycles. The molecule has 0 spiro atoms. The highest BCUT2D eigenvalue weighted by Gasteiger charge is 2.10. The molecule has 0 N–H and O–H groups in total. The summed E-state index contributed by atoms with van der Waals surface area (Å²) < 4.78 is 22.7. The van der Waals surface area contributed by atoms with Crippen LogP contribution in [0.3, 0.4) is 0 Å². The normalized spacial score (nSPS) is 11.4. The molecule has 2 aromatic rings. The minimum absolute atomic E-state index is 0.238. The molecule has 4 heteroatoms. The van der Waals surface area contributed by atoms with E-state index in [1.54, 1.807) is 12.1 Å². The van der Waals surface area contributed by atoms with Gasteiger partial charge in [-0.05, 0) is 17.7 Å². The fourth-order valence-electron chi connectivity index (χ4n) is 1.58. The van der Waals surface area contributed by atoms with E-state index in [-0.39, 0.29) is 4.90 Å². The highest BCUT2D eigenvalue weighted by atomic mass is 35.5. The second-order valence-corrected chi connectivity index (χ2v) is 6.20. The number of sulfone groups is 1. The van der Waals surface area contributed by atoms with Crippen LogP contribution >= 0.6 is 11.6 Å². The summed E-state index contributed by atoms with van der Waals surface area (Å²) in [5.41, 5.74) is 1.80. The van der Waals surface area contributed by atoms with Gasteiger partial charge in [0.15, 0.2) is 9.84 Å². The third kappa shape index (κ3) is 2.68. The fraction of sp³-hybridized carbons (Fsp3) is 0.0769. The van der Waals surface area contributed by atoms with Gasteiger partial charge in [-0.2, -0.15) is 0 Å². The first kappa shape index (κ1) is 12.1. The van der Waals surface area contributed by atoms with Crippen LogP contribution in [0.4, 0.5) is 0 Å². The van der Waals surface area contributed by atoms with Crippen molar-refractivity contribution in [2.24, 2.45) is 0 Å². The Morgan fingerprint density at radius 1 is 1.00 bits per heavy atom. The van der Waals surface area contributed by atoms with Gasteiger partial charge in [-0.1, -0.05) is 48.0 Å². The van der Waals surface area contributed by atoms with E-state index in [9.17, 15) is 8.42 Å². The van der Waals surface area contributed by atoms with Crippen molar-refractivity contribution in [3.8, 4) is 11.1 Å². The van der Waals surface area contributed by atoms with E-state index in [1.165, 1.54) is 12.3 Å². The van der Waals surface area contributed by atoms with Gasteiger partial charge in [0.1, 0.15) is 0 Å². The predicted molar refractivity (Wildman–Crippen MR) is 70.0 cm³/mol. The molecule has 0 aliphatic rings. The Bertz CT molecular complexity index is 634. The molecule has 0 aliphatic carbocycles. The fourth-order valence-corrected chi connectivity index (χ4v) is 2.58. The molecule has 0 amide bonds. The predicted octanol–water partition coefficient (Wildman–Crippen LogP) is 3.41. The molecule has 0 aliphatic heterocycles. The number of hydrogen-bond donors (Lipinski definition) is 0. The molecule has 2 rings (SSSR count). The monoisotopic (exact) mass is 266 g/mol. The molecular weight excluding hydrogens is 256 g/mol. The minimum atomic E-state index is -3.21. The first-order valence-electron chi connectivity index (χ1n) is 5.03. The van der Waals surface area contributed by atoms with Crippen molar-refractivity contribution >= 4 is 21.4 Å². The van der Waals surface area contributed by atoms with E-state index in [0.29, 0.717) is 5.02 Å². The summed E-state index contributed by atoms with van der Waals surface area (Å²) >= 11 is 6.11. The SMILES string of the molecule is CS(=O)(=O)c1ccc(-c2ccccc2)c(Cl)c1. The zero-order valence-corrected chi connectivity index (χ0v) is 10.8. The summed E-state index contributed by atoms with van der Waals surface area (Å²) in [6.07, 6.45) is 1.17. The van der Waals surface area contributed by atoms with Gasteiger partial charge >= 0.3 is 0 Å². The number of benzene rings is 2. The first-order valence-corrected chi connectivity index (χ1v) is 7.30. The number of halogens is 1. The van der Waals surface area contributed by atoms with E-state index < -0.39 is 9.84 Å². The molecule has 0 bridgehead atoms. The minimum Gasteiger partial charge on any atom is -0.224 e. The Hall–Kier alpha value is -1.32. The van der Waals surface area contributed by atoms with Crippen LogP contribution in [0, 0.1) is 0 Å². The van der Waals surface area contributed by atoms with Gasteiger partial charge in [-0.3, -0.25) is 0 Å². The van der Waals surface area contributed by atoms with E-state index in [4.69, 9.17) is 11.6 Å². The van der Waals surface area contributed by atoms with Gasteiger partial charge in [-0.25, -0.2) is 8.42 Å². The van der Waals surface area contributed by atoms with Crippen molar-refractivity contribution in [3.63, 3.8) is 0 Å². The largest absolute Gasteiger partial charge is 0.224 e. The van der Waals surface area contributed by atoms with Crippen molar-refractivity contribution in [1.82, 2.24) is 0 Å². The van der Waals surface area contributed by atoms with Crippen LogP contribution in [0.1, 0.15) is 0 Å². The lowest BCUT2D eigenvalue weighted by atomic mass is 10.1. The number of rotatable bonds is 2. The molecule has 0 fully saturated rings. The van der Waals surface area contributed by atoms with Crippen LogP contribution in [0.25, 0.3) is 11.1 Å². The van der Waals surface area contributed by atoms with Crippen LogP contribution in [0.15, 0.2) is 53.4 Å². The molecule has 0 heterocycles. The molecule has 17 heavy (non-hydrogen) atoms. The van der Waals surface area contributed by atoms with Gasteiger partial charge in [-0.15, -0.1) is 0 Å². The van der Waals surface area contributed by atoms with E-state index in [1.807, 2.05) is 30.3 Å². The summed E-state index contributed by atoms with van der Waals surface area (Å²) in [5.74, 6) is 0. The van der Waals surface area contributed by atoms with Gasteiger partial charge in [0, 0.05) is 16.8 Å². The third-order valence-corrected chi connectivity index (χ3v) is 3.88. The number of hydrogen-bond acceptors (Lipinski definition) is 2. The van der Waals surface area contributed by atoms with Crippen LogP contribution in [0.5, 0.6) is 0 Å². The van der Waals surface area contributed by atoms with E-state index >= 15 is 0 Å². The molecule has 2 nitrogen and oxygen atoms in total. The summed E-state index contributed by atoms with van der Waals surface area (Å²) in [7, 11) is -3.21. The Kier molecular flexibility index (Phi) is 3.22. The van der Waals surface area contributed by atoms with Gasteiger partial charge in [0.2, 0.25) is 0 Å². The summed E-state index contributed by atoms with van der Waals surface area (Å²) in [6.45, 7) is 0. The Balaban J connectivity index is 2.54. The van der Waals surface area contributed by atoms with Gasteiger partial charge in [0.25, 0.3) is 0 Å². The molecule has 0 unspecified atom stereocenters. The molecule has 88 valence electrons. The van der Waals surface area contributed by atoms with Crippen LogP contribution in [-0.4, -0.2) is 14.7 Å². The van der Waals surface area contributed by atoms with Crippen molar-refractivity contribution in [2.45, 2.75) is 4.90 Å². The van der Waals surface area contributed by atoms with Crippen molar-refractivity contribution in [1.29, 1.82) is 0 Å². The highest BCUT2D eigenvalue weighted by molar-refractivity contribution is 7.90. The summed E-state index contributed by atoms with van der Waals surface area (Å²) in [4.78, 5) is 0.238. The first-order chi connectivity index (χ1) is 7.98. The standard InChI is InChI=1S/C13H11ClO2S/c1-17(15,16)11-7-8-12(13(14)9-11)10-5-3-2-4-6-10/h2-9H,1H3. The second kappa shape index (κ2) is 4.51. The highest BCUT2D eigenvalue weighted by Crippen LogP contribution is 2.29. The van der Waals surface area contributed by atoms with Crippen molar-refractivity contribution in [2.75, 3.05) is 6.26 Å². The summed E-state index contributed by atoms with van der Waals surface area (Å²) in [5, 5.41) is 0.444. The molecule has 0 aromatic heterocycles. The smallest absolute Gasteiger partial charge is 0.175 e. The van der Waals surface area contributed by atoms with Crippen molar-refractivity contribution < 1.29 is 8.42 Å². The molecule has 0 atom stereocenters.